The SMILES string of the molecule is O=C(O)C1OC(OC2C(C(=O)O)OC(OC3C(C(=O)O)OC(O)C(O)C3OC3OCC(O)C(O)C3O)C(O)C2O)C(O)C(O)C1O. The van der Waals surface area contributed by atoms with Gasteiger partial charge in [-0.05, 0) is 0 Å². The van der Waals surface area contributed by atoms with Gasteiger partial charge in [0.2, 0.25) is 0 Å². The Kier molecular flexibility index (Phi) is 11.5. The molecular weight excluding hydrogens is 644 g/mol. The summed E-state index contributed by atoms with van der Waals surface area (Å²) in [6, 6.07) is 0. The van der Waals surface area contributed by atoms with Crippen LogP contribution in [0.25, 0.3) is 0 Å². The van der Waals surface area contributed by atoms with E-state index < -0.39 is 141 Å². The normalized spacial score (nSPS) is 50.1. The van der Waals surface area contributed by atoms with Gasteiger partial charge >= 0.3 is 17.9 Å². The minimum absolute atomic E-state index is 0.612. The van der Waals surface area contributed by atoms with E-state index in [1.165, 1.54) is 0 Å². The molecule has 0 aliphatic carbocycles. The van der Waals surface area contributed by atoms with E-state index in [4.69, 9.17) is 33.2 Å². The summed E-state index contributed by atoms with van der Waals surface area (Å²) in [7, 11) is 0. The summed E-state index contributed by atoms with van der Waals surface area (Å²) in [6.07, 6.45) is -41.0. The molecule has 19 atom stereocenters. The molecule has 0 bridgehead atoms. The third kappa shape index (κ3) is 7.10. The number of ether oxygens (including phenoxy) is 7. The van der Waals surface area contributed by atoms with Gasteiger partial charge in [-0.3, -0.25) is 0 Å². The fourth-order valence-electron chi connectivity index (χ4n) is 5.17. The van der Waals surface area contributed by atoms with Crippen LogP contribution in [0.2, 0.25) is 0 Å². The van der Waals surface area contributed by atoms with Crippen molar-refractivity contribution in [3.8, 4) is 0 Å². The van der Waals surface area contributed by atoms with E-state index in [2.05, 4.69) is 0 Å². The van der Waals surface area contributed by atoms with Crippen molar-refractivity contribution < 1.29 is 114 Å². The highest BCUT2D eigenvalue weighted by Crippen LogP contribution is 2.34. The van der Waals surface area contributed by atoms with Gasteiger partial charge in [0.15, 0.2) is 43.5 Å². The second-order valence-electron chi connectivity index (χ2n) is 10.8. The van der Waals surface area contributed by atoms with Gasteiger partial charge in [0.1, 0.15) is 73.2 Å². The first-order valence-electron chi connectivity index (χ1n) is 13.5. The zero-order valence-electron chi connectivity index (χ0n) is 23.1. The molecule has 0 amide bonds. The largest absolute Gasteiger partial charge is 0.479 e. The van der Waals surface area contributed by atoms with Gasteiger partial charge in [-0.2, -0.15) is 0 Å². The van der Waals surface area contributed by atoms with E-state index in [0.29, 0.717) is 0 Å². The number of hydrogen-bond acceptors (Lipinski definition) is 20. The molecule has 4 rings (SSSR count). The molecule has 0 aromatic rings. The van der Waals surface area contributed by atoms with Crippen molar-refractivity contribution in [3.05, 3.63) is 0 Å². The lowest BCUT2D eigenvalue weighted by molar-refractivity contribution is -0.381. The van der Waals surface area contributed by atoms with Crippen LogP contribution in [0.1, 0.15) is 0 Å². The molecule has 0 saturated carbocycles. The summed E-state index contributed by atoms with van der Waals surface area (Å²) in [5.41, 5.74) is 0. The quantitative estimate of drug-likeness (QED) is 0.108. The molecule has 264 valence electrons. The van der Waals surface area contributed by atoms with Crippen molar-refractivity contribution in [2.45, 2.75) is 117 Å². The Balaban J connectivity index is 1.57. The first kappa shape index (κ1) is 36.6. The van der Waals surface area contributed by atoms with E-state index >= 15 is 0 Å². The number of rotatable bonds is 9. The highest BCUT2D eigenvalue weighted by Gasteiger charge is 2.57. The molecule has 4 heterocycles. The Morgan fingerprint density at radius 1 is 0.457 bits per heavy atom. The molecule has 23 nitrogen and oxygen atoms in total. The predicted octanol–water partition coefficient (Wildman–Crippen LogP) is -8.83. The van der Waals surface area contributed by atoms with Crippen molar-refractivity contribution in [2.75, 3.05) is 6.61 Å². The summed E-state index contributed by atoms with van der Waals surface area (Å²) in [4.78, 5) is 35.5. The maximum Gasteiger partial charge on any atom is 0.335 e. The highest BCUT2D eigenvalue weighted by atomic mass is 16.8. The number of carboxylic acid groups (broad SMARTS) is 3. The average Bonchev–Trinajstić information content (AvgIpc) is 2.99. The molecule has 0 spiro atoms. The molecule has 13 N–H and O–H groups in total. The van der Waals surface area contributed by atoms with Gasteiger partial charge < -0.3 is 99.5 Å². The van der Waals surface area contributed by atoms with Crippen LogP contribution in [0.15, 0.2) is 0 Å². The third-order valence-electron chi connectivity index (χ3n) is 7.71. The molecular formula is C23H34O23. The second-order valence-corrected chi connectivity index (χ2v) is 10.8. The van der Waals surface area contributed by atoms with Crippen molar-refractivity contribution in [2.24, 2.45) is 0 Å². The number of aliphatic hydroxyl groups is 10. The van der Waals surface area contributed by atoms with Gasteiger partial charge in [-0.1, -0.05) is 0 Å². The molecule has 0 aromatic heterocycles. The first-order valence-corrected chi connectivity index (χ1v) is 13.5. The molecule has 4 aliphatic rings. The summed E-state index contributed by atoms with van der Waals surface area (Å²) >= 11 is 0. The van der Waals surface area contributed by atoms with E-state index in [1.54, 1.807) is 0 Å². The van der Waals surface area contributed by atoms with Gasteiger partial charge in [-0.25, -0.2) is 14.4 Å². The number of carboxylic acids is 3. The molecule has 0 aromatic carbocycles. The number of aliphatic hydroxyl groups excluding tert-OH is 10. The Morgan fingerprint density at radius 2 is 0.913 bits per heavy atom. The lowest BCUT2D eigenvalue weighted by Gasteiger charge is -2.48. The predicted molar refractivity (Wildman–Crippen MR) is 130 cm³/mol. The smallest absolute Gasteiger partial charge is 0.335 e. The van der Waals surface area contributed by atoms with Crippen molar-refractivity contribution in [1.82, 2.24) is 0 Å². The fraction of sp³-hybridized carbons (Fsp3) is 0.870. The van der Waals surface area contributed by atoms with Gasteiger partial charge in [0.25, 0.3) is 0 Å². The van der Waals surface area contributed by atoms with Crippen LogP contribution in [-0.4, -0.2) is 208 Å². The summed E-state index contributed by atoms with van der Waals surface area (Å²) in [6.45, 7) is -0.612. The third-order valence-corrected chi connectivity index (χ3v) is 7.71. The summed E-state index contributed by atoms with van der Waals surface area (Å²) in [5.74, 6) is -5.63. The van der Waals surface area contributed by atoms with Crippen LogP contribution in [0.5, 0.6) is 0 Å². The summed E-state index contributed by atoms with van der Waals surface area (Å²) < 4.78 is 36.1. The minimum Gasteiger partial charge on any atom is -0.479 e. The Labute approximate surface area is 255 Å². The minimum atomic E-state index is -2.38. The van der Waals surface area contributed by atoms with Crippen LogP contribution >= 0.6 is 0 Å². The molecule has 4 fully saturated rings. The topological polar surface area (TPSA) is 379 Å². The zero-order chi connectivity index (χ0) is 34.4. The van der Waals surface area contributed by atoms with Gasteiger partial charge in [-0.15, -0.1) is 0 Å². The zero-order valence-corrected chi connectivity index (χ0v) is 23.1. The number of carbonyl (C=O) groups is 3. The average molecular weight is 679 g/mol. The van der Waals surface area contributed by atoms with E-state index in [9.17, 15) is 80.8 Å². The molecule has 23 heteroatoms. The van der Waals surface area contributed by atoms with Crippen LogP contribution in [0.4, 0.5) is 0 Å². The lowest BCUT2D eigenvalue weighted by atomic mass is 9.95. The Morgan fingerprint density at radius 3 is 1.48 bits per heavy atom. The van der Waals surface area contributed by atoms with Gasteiger partial charge in [0.05, 0.1) is 6.61 Å². The van der Waals surface area contributed by atoms with Crippen LogP contribution in [-0.2, 0) is 47.5 Å². The van der Waals surface area contributed by atoms with Crippen molar-refractivity contribution in [3.63, 3.8) is 0 Å². The first-order chi connectivity index (χ1) is 21.5. The number of aliphatic carboxylic acids is 3. The maximum atomic E-state index is 12.1. The number of hydrogen-bond donors (Lipinski definition) is 13. The molecule has 0 radical (unpaired) electrons. The Hall–Kier alpha value is -2.27. The maximum absolute atomic E-state index is 12.1. The fourth-order valence-corrected chi connectivity index (χ4v) is 5.17. The molecule has 4 saturated heterocycles. The van der Waals surface area contributed by atoms with E-state index in [-0.39, 0.29) is 0 Å². The van der Waals surface area contributed by atoms with Crippen LogP contribution in [0, 0.1) is 0 Å². The van der Waals surface area contributed by atoms with E-state index in [1.807, 2.05) is 0 Å². The second kappa shape index (κ2) is 14.5. The molecule has 4 aliphatic heterocycles. The summed E-state index contributed by atoms with van der Waals surface area (Å²) in [5, 5.41) is 131. The monoisotopic (exact) mass is 678 g/mol. The van der Waals surface area contributed by atoms with Crippen molar-refractivity contribution >= 4 is 17.9 Å². The highest BCUT2D eigenvalue weighted by molar-refractivity contribution is 5.74. The Bertz CT molecular complexity index is 1090. The van der Waals surface area contributed by atoms with Crippen LogP contribution < -0.4 is 0 Å². The van der Waals surface area contributed by atoms with E-state index in [0.717, 1.165) is 0 Å². The van der Waals surface area contributed by atoms with Crippen LogP contribution in [0.3, 0.4) is 0 Å². The lowest BCUT2D eigenvalue weighted by Crippen LogP contribution is -2.68. The standard InChI is InChI=1S/C23H34O23/c24-2-1-40-21(7(29)3(2)25)42-12-10(32)20(39)41-16(19(37)38)14(12)45-23-9(31)6(28)11(15(46-23)18(35)36)43-22-8(30)4(26)5(27)13(44-22)17(33)34/h2-16,20-32,39H,1H2,(H,33,34)(H,35,36)(H,37,38). The molecule has 19 unspecified atom stereocenters. The molecule has 46 heavy (non-hydrogen) atoms. The van der Waals surface area contributed by atoms with Gasteiger partial charge in [0, 0.05) is 0 Å². The van der Waals surface area contributed by atoms with Crippen molar-refractivity contribution in [1.29, 1.82) is 0 Å².